The van der Waals surface area contributed by atoms with Gasteiger partial charge in [-0.3, -0.25) is 0 Å². The number of nitrogens with zero attached hydrogens (tertiary/aromatic N) is 2. The van der Waals surface area contributed by atoms with Crippen molar-refractivity contribution < 1.29 is 9.50 Å². The van der Waals surface area contributed by atoms with Gasteiger partial charge in [-0.25, -0.2) is 9.37 Å². The molecule has 16 heavy (non-hydrogen) atoms. The van der Waals surface area contributed by atoms with Crippen LogP contribution in [0.15, 0.2) is 36.8 Å². The maximum Gasteiger partial charge on any atom is 0.123 e. The number of rotatable bonds is 3. The standard InChI is InChI=1S/C12H13FN2O/c1-2-15-8-14-7-11(15)12(16)9-3-5-10(13)6-4-9/h3-8,12,16H,2H2,1H3. The van der Waals surface area contributed by atoms with Gasteiger partial charge in [0.15, 0.2) is 0 Å². The van der Waals surface area contributed by atoms with Gasteiger partial charge in [0.05, 0.1) is 18.2 Å². The first-order valence-electron chi connectivity index (χ1n) is 5.16. The van der Waals surface area contributed by atoms with E-state index in [2.05, 4.69) is 4.98 Å². The molecule has 0 saturated carbocycles. The van der Waals surface area contributed by atoms with Crippen LogP contribution in [0.2, 0.25) is 0 Å². The third-order valence-corrected chi connectivity index (χ3v) is 2.55. The van der Waals surface area contributed by atoms with Crippen molar-refractivity contribution >= 4 is 0 Å². The van der Waals surface area contributed by atoms with Gasteiger partial charge in [-0.15, -0.1) is 0 Å². The fourth-order valence-corrected chi connectivity index (χ4v) is 1.64. The van der Waals surface area contributed by atoms with E-state index in [-0.39, 0.29) is 5.82 Å². The number of benzene rings is 1. The number of aliphatic hydroxyl groups excluding tert-OH is 1. The first-order valence-corrected chi connectivity index (χ1v) is 5.16. The molecule has 84 valence electrons. The predicted molar refractivity (Wildman–Crippen MR) is 58.4 cm³/mol. The van der Waals surface area contributed by atoms with Crippen molar-refractivity contribution in [1.29, 1.82) is 0 Å². The molecule has 0 radical (unpaired) electrons. The van der Waals surface area contributed by atoms with Crippen LogP contribution in [0.1, 0.15) is 24.3 Å². The zero-order chi connectivity index (χ0) is 11.5. The molecular formula is C12H13FN2O. The van der Waals surface area contributed by atoms with Gasteiger partial charge in [0.1, 0.15) is 11.9 Å². The average molecular weight is 220 g/mol. The zero-order valence-electron chi connectivity index (χ0n) is 8.97. The van der Waals surface area contributed by atoms with Crippen LogP contribution in [0.5, 0.6) is 0 Å². The summed E-state index contributed by atoms with van der Waals surface area (Å²) in [6.07, 6.45) is 2.53. The van der Waals surface area contributed by atoms with E-state index >= 15 is 0 Å². The van der Waals surface area contributed by atoms with Gasteiger partial charge in [0.25, 0.3) is 0 Å². The Balaban J connectivity index is 2.31. The monoisotopic (exact) mass is 220 g/mol. The topological polar surface area (TPSA) is 38.0 Å². The molecule has 3 nitrogen and oxygen atoms in total. The van der Waals surface area contributed by atoms with Gasteiger partial charge < -0.3 is 9.67 Å². The molecule has 0 fully saturated rings. The van der Waals surface area contributed by atoms with Gasteiger partial charge in [0, 0.05) is 6.54 Å². The number of aryl methyl sites for hydroxylation is 1. The van der Waals surface area contributed by atoms with Crippen LogP contribution in [-0.4, -0.2) is 14.7 Å². The van der Waals surface area contributed by atoms with Crippen molar-refractivity contribution in [3.8, 4) is 0 Å². The summed E-state index contributed by atoms with van der Waals surface area (Å²) in [6, 6.07) is 5.83. The largest absolute Gasteiger partial charge is 0.382 e. The summed E-state index contributed by atoms with van der Waals surface area (Å²) in [7, 11) is 0. The van der Waals surface area contributed by atoms with Gasteiger partial charge >= 0.3 is 0 Å². The van der Waals surface area contributed by atoms with E-state index in [1.807, 2.05) is 11.5 Å². The lowest BCUT2D eigenvalue weighted by molar-refractivity contribution is 0.210. The Hall–Kier alpha value is -1.68. The predicted octanol–water partition coefficient (Wildman–Crippen LogP) is 2.12. The molecule has 0 amide bonds. The second-order valence-electron chi connectivity index (χ2n) is 3.56. The molecule has 2 aromatic rings. The lowest BCUT2D eigenvalue weighted by atomic mass is 10.1. The molecule has 2 rings (SSSR count). The number of aromatic nitrogens is 2. The molecule has 4 heteroatoms. The highest BCUT2D eigenvalue weighted by molar-refractivity contribution is 5.25. The van der Waals surface area contributed by atoms with Gasteiger partial charge in [-0.05, 0) is 24.6 Å². The summed E-state index contributed by atoms with van der Waals surface area (Å²) in [5.74, 6) is -0.306. The highest BCUT2D eigenvalue weighted by Crippen LogP contribution is 2.21. The van der Waals surface area contributed by atoms with Crippen molar-refractivity contribution in [3.63, 3.8) is 0 Å². The average Bonchev–Trinajstić information content (AvgIpc) is 2.77. The van der Waals surface area contributed by atoms with Crippen molar-refractivity contribution in [3.05, 3.63) is 53.9 Å². The van der Waals surface area contributed by atoms with E-state index in [0.717, 1.165) is 6.54 Å². The van der Waals surface area contributed by atoms with Crippen LogP contribution >= 0.6 is 0 Å². The highest BCUT2D eigenvalue weighted by Gasteiger charge is 2.14. The van der Waals surface area contributed by atoms with Crippen LogP contribution in [0.25, 0.3) is 0 Å². The summed E-state index contributed by atoms with van der Waals surface area (Å²) in [5, 5.41) is 10.1. The second-order valence-corrected chi connectivity index (χ2v) is 3.56. The lowest BCUT2D eigenvalue weighted by Gasteiger charge is -2.12. The molecule has 1 N–H and O–H groups in total. The van der Waals surface area contributed by atoms with E-state index in [1.54, 1.807) is 24.7 Å². The molecular weight excluding hydrogens is 207 g/mol. The van der Waals surface area contributed by atoms with Crippen molar-refractivity contribution in [1.82, 2.24) is 9.55 Å². The van der Waals surface area contributed by atoms with E-state index in [4.69, 9.17) is 0 Å². The minimum atomic E-state index is -0.761. The van der Waals surface area contributed by atoms with Crippen LogP contribution < -0.4 is 0 Å². The highest BCUT2D eigenvalue weighted by atomic mass is 19.1. The van der Waals surface area contributed by atoms with Crippen molar-refractivity contribution in [2.24, 2.45) is 0 Å². The Morgan fingerprint density at radius 2 is 2.06 bits per heavy atom. The van der Waals surface area contributed by atoms with E-state index in [0.29, 0.717) is 11.3 Å². The Kier molecular flexibility index (Phi) is 3.01. The van der Waals surface area contributed by atoms with Gasteiger partial charge in [0.2, 0.25) is 0 Å². The fourth-order valence-electron chi connectivity index (χ4n) is 1.64. The maximum atomic E-state index is 12.7. The minimum Gasteiger partial charge on any atom is -0.382 e. The lowest BCUT2D eigenvalue weighted by Crippen LogP contribution is -2.07. The molecule has 0 bridgehead atoms. The summed E-state index contributed by atoms with van der Waals surface area (Å²) in [4.78, 5) is 3.99. The molecule has 1 aromatic heterocycles. The van der Waals surface area contributed by atoms with E-state index < -0.39 is 6.10 Å². The van der Waals surface area contributed by atoms with Crippen LogP contribution in [0.4, 0.5) is 4.39 Å². The summed E-state index contributed by atoms with van der Waals surface area (Å²) in [6.45, 7) is 2.72. The van der Waals surface area contributed by atoms with Gasteiger partial charge in [-0.1, -0.05) is 12.1 Å². The quantitative estimate of drug-likeness (QED) is 0.860. The molecule has 1 aromatic carbocycles. The Bertz CT molecular complexity index is 464. The third-order valence-electron chi connectivity index (χ3n) is 2.55. The molecule has 1 heterocycles. The zero-order valence-corrected chi connectivity index (χ0v) is 8.97. The fraction of sp³-hybridized carbons (Fsp3) is 0.250. The Labute approximate surface area is 93.2 Å². The van der Waals surface area contributed by atoms with Crippen LogP contribution in [0, 0.1) is 5.82 Å². The first-order chi connectivity index (χ1) is 7.72. The number of imidazole rings is 1. The molecule has 1 unspecified atom stereocenters. The van der Waals surface area contributed by atoms with Crippen molar-refractivity contribution in [2.75, 3.05) is 0 Å². The molecule has 0 saturated heterocycles. The molecule has 0 aliphatic heterocycles. The Morgan fingerprint density at radius 1 is 1.38 bits per heavy atom. The number of hydrogen-bond acceptors (Lipinski definition) is 2. The maximum absolute atomic E-state index is 12.7. The van der Waals surface area contributed by atoms with Crippen LogP contribution in [0.3, 0.4) is 0 Å². The number of halogens is 1. The summed E-state index contributed by atoms with van der Waals surface area (Å²) in [5.41, 5.74) is 1.38. The Morgan fingerprint density at radius 3 is 2.69 bits per heavy atom. The number of aliphatic hydroxyl groups is 1. The second kappa shape index (κ2) is 4.45. The smallest absolute Gasteiger partial charge is 0.123 e. The van der Waals surface area contributed by atoms with Crippen molar-refractivity contribution in [2.45, 2.75) is 19.6 Å². The molecule has 1 atom stereocenters. The summed E-state index contributed by atoms with van der Waals surface area (Å²) < 4.78 is 14.6. The molecule has 0 aliphatic carbocycles. The normalized spacial score (nSPS) is 12.7. The van der Waals surface area contributed by atoms with Gasteiger partial charge in [-0.2, -0.15) is 0 Å². The molecule has 0 aliphatic rings. The van der Waals surface area contributed by atoms with Crippen LogP contribution in [-0.2, 0) is 6.54 Å². The minimum absolute atomic E-state index is 0.306. The number of hydrogen-bond donors (Lipinski definition) is 1. The SMILES string of the molecule is CCn1cncc1C(O)c1ccc(F)cc1. The molecule has 0 spiro atoms. The van der Waals surface area contributed by atoms with E-state index in [1.165, 1.54) is 12.1 Å². The third kappa shape index (κ3) is 1.97. The first kappa shape index (κ1) is 10.8. The summed E-state index contributed by atoms with van der Waals surface area (Å²) >= 11 is 0. The van der Waals surface area contributed by atoms with E-state index in [9.17, 15) is 9.50 Å².